The molecule has 0 rings (SSSR count). The van der Waals surface area contributed by atoms with Crippen LogP contribution >= 0.6 is 0 Å². The second-order valence-electron chi connectivity index (χ2n) is 10.1. The Morgan fingerprint density at radius 2 is 0.688 bits per heavy atom. The predicted molar refractivity (Wildman–Crippen MR) is 143 cm³/mol. The van der Waals surface area contributed by atoms with Gasteiger partial charge in [0.2, 0.25) is 0 Å². The fraction of sp³-hybridized carbons (Fsp3) is 0.967. The Morgan fingerprint density at radius 1 is 0.406 bits per heavy atom. The van der Waals surface area contributed by atoms with Gasteiger partial charge < -0.3 is 9.53 Å². The minimum atomic E-state index is 0.541. The van der Waals surface area contributed by atoms with Crippen LogP contribution in [0.5, 0.6) is 0 Å². The van der Waals surface area contributed by atoms with Crippen LogP contribution in [0.25, 0.3) is 0 Å². The average Bonchev–Trinajstić information content (AvgIpc) is 2.81. The predicted octanol–water partition coefficient (Wildman–Crippen LogP) is 10.4. The standard InChI is InChI=1S/C30H60O2/c1-2-3-4-5-6-7-8-9-10-11-12-13-14-15-16-17-18-19-20-21-22-23-24-25-26-29-32-30-27-28-31/h28H,2-27,29-30H2,1H3. The molecule has 0 fully saturated rings. The van der Waals surface area contributed by atoms with Crippen LogP contribution in [0.4, 0.5) is 0 Å². The van der Waals surface area contributed by atoms with Crippen molar-refractivity contribution < 1.29 is 9.53 Å². The van der Waals surface area contributed by atoms with Crippen LogP contribution in [0.2, 0.25) is 0 Å². The molecule has 0 aliphatic carbocycles. The summed E-state index contributed by atoms with van der Waals surface area (Å²) in [5.41, 5.74) is 0. The molecule has 0 aromatic rings. The number of carbonyl (C=O) groups excluding carboxylic acids is 1. The number of unbranched alkanes of at least 4 members (excludes halogenated alkanes) is 24. The maximum Gasteiger partial charge on any atom is 0.122 e. The maximum atomic E-state index is 10.2. The quantitative estimate of drug-likeness (QED) is 0.0833. The Hall–Kier alpha value is -0.370. The molecule has 2 heteroatoms. The highest BCUT2D eigenvalue weighted by Crippen LogP contribution is 2.15. The van der Waals surface area contributed by atoms with Crippen LogP contribution in [0, 0.1) is 0 Å². The molecule has 32 heavy (non-hydrogen) atoms. The molecule has 0 aliphatic rings. The highest BCUT2D eigenvalue weighted by atomic mass is 16.5. The first-order valence-electron chi connectivity index (χ1n) is 14.9. The van der Waals surface area contributed by atoms with Crippen molar-refractivity contribution in [3.63, 3.8) is 0 Å². The monoisotopic (exact) mass is 452 g/mol. The summed E-state index contributed by atoms with van der Waals surface area (Å²) in [6, 6.07) is 0. The smallest absolute Gasteiger partial charge is 0.122 e. The van der Waals surface area contributed by atoms with E-state index in [1.165, 1.54) is 154 Å². The van der Waals surface area contributed by atoms with Crippen molar-refractivity contribution in [1.29, 1.82) is 0 Å². The number of aldehydes is 1. The molecule has 0 atom stereocenters. The summed E-state index contributed by atoms with van der Waals surface area (Å²) < 4.78 is 5.40. The van der Waals surface area contributed by atoms with Crippen molar-refractivity contribution in [1.82, 2.24) is 0 Å². The van der Waals surface area contributed by atoms with Gasteiger partial charge in [-0.15, -0.1) is 0 Å². The van der Waals surface area contributed by atoms with Gasteiger partial charge in [-0.3, -0.25) is 0 Å². The van der Waals surface area contributed by atoms with Crippen LogP contribution in [-0.4, -0.2) is 19.5 Å². The minimum Gasteiger partial charge on any atom is -0.381 e. The van der Waals surface area contributed by atoms with Gasteiger partial charge in [-0.2, -0.15) is 0 Å². The fourth-order valence-electron chi connectivity index (χ4n) is 4.58. The second-order valence-corrected chi connectivity index (χ2v) is 10.1. The van der Waals surface area contributed by atoms with E-state index in [1.54, 1.807) is 0 Å². The van der Waals surface area contributed by atoms with Crippen molar-refractivity contribution >= 4 is 6.29 Å². The van der Waals surface area contributed by atoms with Crippen LogP contribution in [0.15, 0.2) is 0 Å². The Bertz CT molecular complexity index is 329. The molecular formula is C30H60O2. The summed E-state index contributed by atoms with van der Waals surface area (Å²) in [5.74, 6) is 0. The molecule has 0 aromatic carbocycles. The van der Waals surface area contributed by atoms with E-state index in [1.807, 2.05) is 0 Å². The van der Waals surface area contributed by atoms with Crippen LogP contribution in [-0.2, 0) is 9.53 Å². The summed E-state index contributed by atoms with van der Waals surface area (Å²) in [6.45, 7) is 3.73. The Balaban J connectivity index is 2.99. The van der Waals surface area contributed by atoms with Crippen molar-refractivity contribution in [2.24, 2.45) is 0 Å². The van der Waals surface area contributed by atoms with E-state index in [-0.39, 0.29) is 0 Å². The lowest BCUT2D eigenvalue weighted by Crippen LogP contribution is -1.97. The van der Waals surface area contributed by atoms with Crippen LogP contribution in [0.3, 0.4) is 0 Å². The lowest BCUT2D eigenvalue weighted by Gasteiger charge is -2.04. The van der Waals surface area contributed by atoms with E-state index >= 15 is 0 Å². The third-order valence-electron chi connectivity index (χ3n) is 6.77. The van der Waals surface area contributed by atoms with Gasteiger partial charge in [0.25, 0.3) is 0 Å². The molecule has 0 amide bonds. The third-order valence-corrected chi connectivity index (χ3v) is 6.77. The van der Waals surface area contributed by atoms with E-state index in [2.05, 4.69) is 6.92 Å². The van der Waals surface area contributed by atoms with Crippen molar-refractivity contribution in [2.45, 2.75) is 174 Å². The fourth-order valence-corrected chi connectivity index (χ4v) is 4.58. The van der Waals surface area contributed by atoms with Gasteiger partial charge in [-0.05, 0) is 6.42 Å². The molecule has 0 radical (unpaired) electrons. The Labute approximate surface area is 203 Å². The number of hydrogen-bond acceptors (Lipinski definition) is 2. The van der Waals surface area contributed by atoms with Crippen molar-refractivity contribution in [2.75, 3.05) is 13.2 Å². The van der Waals surface area contributed by atoms with Gasteiger partial charge in [0, 0.05) is 13.0 Å². The van der Waals surface area contributed by atoms with Gasteiger partial charge in [0.05, 0.1) is 6.61 Å². The molecule has 0 unspecified atom stereocenters. The van der Waals surface area contributed by atoms with E-state index in [9.17, 15) is 4.79 Å². The zero-order valence-corrected chi connectivity index (χ0v) is 22.2. The summed E-state index contributed by atoms with van der Waals surface area (Å²) in [5, 5.41) is 0. The summed E-state index contributed by atoms with van der Waals surface area (Å²) >= 11 is 0. The summed E-state index contributed by atoms with van der Waals surface area (Å²) in [7, 11) is 0. The lowest BCUT2D eigenvalue weighted by atomic mass is 10.0. The van der Waals surface area contributed by atoms with Gasteiger partial charge in [-0.1, -0.05) is 161 Å². The van der Waals surface area contributed by atoms with Crippen LogP contribution in [0.1, 0.15) is 174 Å². The maximum absolute atomic E-state index is 10.2. The third kappa shape index (κ3) is 29.6. The molecule has 0 aliphatic heterocycles. The second kappa shape index (κ2) is 30.6. The SMILES string of the molecule is CCCCCCCCCCCCCCCCCCCCCCCCCCCOCCC=O. The van der Waals surface area contributed by atoms with E-state index in [0.29, 0.717) is 13.0 Å². The molecular weight excluding hydrogens is 392 g/mol. The van der Waals surface area contributed by atoms with Gasteiger partial charge in [-0.25, -0.2) is 0 Å². The van der Waals surface area contributed by atoms with Crippen molar-refractivity contribution in [3.8, 4) is 0 Å². The average molecular weight is 453 g/mol. The van der Waals surface area contributed by atoms with Gasteiger partial charge in [0.15, 0.2) is 0 Å². The molecule has 0 N–H and O–H groups in total. The molecule has 0 heterocycles. The summed E-state index contributed by atoms with van der Waals surface area (Å²) in [6.07, 6.45) is 37.2. The number of ether oxygens (including phenoxy) is 1. The largest absolute Gasteiger partial charge is 0.381 e. The van der Waals surface area contributed by atoms with Gasteiger partial charge in [0.1, 0.15) is 6.29 Å². The van der Waals surface area contributed by atoms with E-state index < -0.39 is 0 Å². The minimum absolute atomic E-state index is 0.541. The normalized spacial score (nSPS) is 11.3. The van der Waals surface area contributed by atoms with Crippen LogP contribution < -0.4 is 0 Å². The Morgan fingerprint density at radius 3 is 0.969 bits per heavy atom. The molecule has 0 spiro atoms. The van der Waals surface area contributed by atoms with Gasteiger partial charge >= 0.3 is 0 Å². The molecule has 2 nitrogen and oxygen atoms in total. The summed E-state index contributed by atoms with van der Waals surface area (Å²) in [4.78, 5) is 10.2. The highest BCUT2D eigenvalue weighted by molar-refractivity contribution is 5.49. The number of rotatable bonds is 29. The number of hydrogen-bond donors (Lipinski definition) is 0. The first kappa shape index (κ1) is 31.6. The molecule has 0 saturated heterocycles. The highest BCUT2D eigenvalue weighted by Gasteiger charge is 1.96. The molecule has 0 saturated carbocycles. The van der Waals surface area contributed by atoms with E-state index in [0.717, 1.165) is 19.3 Å². The zero-order valence-electron chi connectivity index (χ0n) is 22.2. The zero-order chi connectivity index (χ0) is 23.2. The van der Waals surface area contributed by atoms with Crippen molar-refractivity contribution in [3.05, 3.63) is 0 Å². The number of carbonyl (C=O) groups is 1. The van der Waals surface area contributed by atoms with E-state index in [4.69, 9.17) is 4.74 Å². The Kier molecular flexibility index (Phi) is 30.3. The molecule has 192 valence electrons. The molecule has 0 aromatic heterocycles. The first-order valence-corrected chi connectivity index (χ1v) is 14.9. The lowest BCUT2D eigenvalue weighted by molar-refractivity contribution is -0.108. The molecule has 0 bridgehead atoms. The first-order chi connectivity index (χ1) is 15.9. The topological polar surface area (TPSA) is 26.3 Å².